The van der Waals surface area contributed by atoms with Crippen LogP contribution < -0.4 is 20.1 Å². The van der Waals surface area contributed by atoms with Crippen LogP contribution in [0.3, 0.4) is 0 Å². The quantitative estimate of drug-likeness (QED) is 0.598. The van der Waals surface area contributed by atoms with Crippen LogP contribution in [0.2, 0.25) is 0 Å². The first-order valence-electron chi connectivity index (χ1n) is 8.05. The van der Waals surface area contributed by atoms with Crippen LogP contribution in [-0.4, -0.2) is 36.6 Å². The number of hydrogen-bond acceptors (Lipinski definition) is 6. The van der Waals surface area contributed by atoms with Gasteiger partial charge in [-0.05, 0) is 18.9 Å². The molecular formula is C16H21N3O6. The second-order valence-electron chi connectivity index (χ2n) is 5.74. The summed E-state index contributed by atoms with van der Waals surface area (Å²) in [5.41, 5.74) is -0.189. The van der Waals surface area contributed by atoms with E-state index in [1.165, 1.54) is 19.2 Å². The molecule has 0 saturated heterocycles. The van der Waals surface area contributed by atoms with Crippen LogP contribution in [0.15, 0.2) is 18.2 Å². The van der Waals surface area contributed by atoms with Gasteiger partial charge in [-0.3, -0.25) is 20.2 Å². The van der Waals surface area contributed by atoms with E-state index >= 15 is 0 Å². The zero-order valence-corrected chi connectivity index (χ0v) is 13.9. The minimum absolute atomic E-state index is 0.0551. The number of hydrogen-bond donors (Lipinski definition) is 2. The third-order valence-electron chi connectivity index (χ3n) is 3.91. The van der Waals surface area contributed by atoms with Gasteiger partial charge in [0.2, 0.25) is 0 Å². The van der Waals surface area contributed by atoms with Gasteiger partial charge in [0.25, 0.3) is 11.6 Å². The number of benzene rings is 1. The number of nitrogens with one attached hydrogen (secondary N) is 2. The predicted octanol–water partition coefficient (Wildman–Crippen LogP) is 2.14. The van der Waals surface area contributed by atoms with E-state index in [-0.39, 0.29) is 23.2 Å². The van der Waals surface area contributed by atoms with Gasteiger partial charge in [-0.15, -0.1) is 0 Å². The third-order valence-corrected chi connectivity index (χ3v) is 3.91. The van der Waals surface area contributed by atoms with E-state index in [1.54, 1.807) is 0 Å². The van der Waals surface area contributed by atoms with Gasteiger partial charge in [0.05, 0.1) is 18.1 Å². The molecule has 136 valence electrons. The lowest BCUT2D eigenvalue weighted by molar-refractivity contribution is -0.385. The van der Waals surface area contributed by atoms with Crippen molar-refractivity contribution in [3.63, 3.8) is 0 Å². The molecule has 9 nitrogen and oxygen atoms in total. The Kier molecular flexibility index (Phi) is 6.55. The smallest absolute Gasteiger partial charge is 0.321 e. The topological polar surface area (TPSA) is 120 Å². The first-order chi connectivity index (χ1) is 12.0. The average molecular weight is 351 g/mol. The molecular weight excluding hydrogens is 330 g/mol. The molecule has 9 heteroatoms. The third kappa shape index (κ3) is 5.63. The fraction of sp³-hybridized carbons (Fsp3) is 0.500. The number of methoxy groups -OCH3 is 1. The SMILES string of the molecule is COc1ccc([N+](=O)[O-])cc1OCC(=O)NC(=O)NC1CCCCC1. The molecule has 0 bridgehead atoms. The van der Waals surface area contributed by atoms with Gasteiger partial charge in [0.1, 0.15) is 0 Å². The molecule has 0 unspecified atom stereocenters. The predicted molar refractivity (Wildman–Crippen MR) is 88.7 cm³/mol. The second-order valence-corrected chi connectivity index (χ2v) is 5.74. The molecule has 1 aromatic rings. The largest absolute Gasteiger partial charge is 0.493 e. The van der Waals surface area contributed by atoms with Crippen LogP contribution in [0.25, 0.3) is 0 Å². The van der Waals surface area contributed by atoms with Gasteiger partial charge in [-0.1, -0.05) is 19.3 Å². The number of imide groups is 1. The van der Waals surface area contributed by atoms with Crippen LogP contribution in [-0.2, 0) is 4.79 Å². The highest BCUT2D eigenvalue weighted by molar-refractivity contribution is 5.95. The molecule has 2 rings (SSSR count). The zero-order chi connectivity index (χ0) is 18.2. The lowest BCUT2D eigenvalue weighted by atomic mass is 9.96. The van der Waals surface area contributed by atoms with Gasteiger partial charge < -0.3 is 14.8 Å². The van der Waals surface area contributed by atoms with Crippen LogP contribution in [0.1, 0.15) is 32.1 Å². The molecule has 0 atom stereocenters. The number of ether oxygens (including phenoxy) is 2. The van der Waals surface area contributed by atoms with E-state index in [4.69, 9.17) is 9.47 Å². The summed E-state index contributed by atoms with van der Waals surface area (Å²) in [6.07, 6.45) is 5.10. The molecule has 25 heavy (non-hydrogen) atoms. The molecule has 1 aliphatic rings. The maximum absolute atomic E-state index is 11.8. The van der Waals surface area contributed by atoms with E-state index in [9.17, 15) is 19.7 Å². The minimum Gasteiger partial charge on any atom is -0.493 e. The average Bonchev–Trinajstić information content (AvgIpc) is 2.60. The van der Waals surface area contributed by atoms with Crippen molar-refractivity contribution >= 4 is 17.6 Å². The highest BCUT2D eigenvalue weighted by atomic mass is 16.6. The lowest BCUT2D eigenvalue weighted by Crippen LogP contribution is -2.46. The summed E-state index contributed by atoms with van der Waals surface area (Å²) in [7, 11) is 1.38. The number of nitrogens with zero attached hydrogens (tertiary/aromatic N) is 1. The summed E-state index contributed by atoms with van der Waals surface area (Å²) in [4.78, 5) is 33.8. The van der Waals surface area contributed by atoms with Crippen LogP contribution in [0, 0.1) is 10.1 Å². The number of nitro benzene ring substituents is 1. The number of carbonyl (C=O) groups is 2. The zero-order valence-electron chi connectivity index (χ0n) is 13.9. The number of urea groups is 1. The summed E-state index contributed by atoms with van der Waals surface area (Å²) in [6.45, 7) is -0.463. The molecule has 1 aliphatic carbocycles. The van der Waals surface area contributed by atoms with Crippen LogP contribution in [0.5, 0.6) is 11.5 Å². The molecule has 1 fully saturated rings. The van der Waals surface area contributed by atoms with Crippen molar-refractivity contribution < 1.29 is 24.0 Å². The van der Waals surface area contributed by atoms with Gasteiger partial charge >= 0.3 is 6.03 Å². The van der Waals surface area contributed by atoms with Crippen molar-refractivity contribution in [2.45, 2.75) is 38.1 Å². The summed E-state index contributed by atoms with van der Waals surface area (Å²) >= 11 is 0. The van der Waals surface area contributed by atoms with Crippen molar-refractivity contribution in [1.29, 1.82) is 0 Å². The van der Waals surface area contributed by atoms with Crippen molar-refractivity contribution in [1.82, 2.24) is 10.6 Å². The van der Waals surface area contributed by atoms with E-state index in [2.05, 4.69) is 10.6 Å². The molecule has 0 radical (unpaired) electrons. The Morgan fingerprint density at radius 2 is 1.96 bits per heavy atom. The van der Waals surface area contributed by atoms with Gasteiger partial charge in [0.15, 0.2) is 18.1 Å². The Labute approximate surface area is 144 Å². The monoisotopic (exact) mass is 351 g/mol. The first kappa shape index (κ1) is 18.5. The van der Waals surface area contributed by atoms with Crippen molar-refractivity contribution in [2.24, 2.45) is 0 Å². The number of nitro groups is 1. The minimum atomic E-state index is -0.651. The van der Waals surface area contributed by atoms with Crippen LogP contribution in [0.4, 0.5) is 10.5 Å². The number of rotatable bonds is 6. The summed E-state index contributed by atoms with van der Waals surface area (Å²) in [6, 6.07) is 3.32. The standard InChI is InChI=1S/C16H21N3O6/c1-24-13-8-7-12(19(22)23)9-14(13)25-10-15(20)18-16(21)17-11-5-3-2-4-6-11/h7-9,11H,2-6,10H2,1H3,(H2,17,18,20,21). The maximum Gasteiger partial charge on any atom is 0.321 e. The number of amides is 3. The second kappa shape index (κ2) is 8.86. The van der Waals surface area contributed by atoms with E-state index < -0.39 is 23.5 Å². The van der Waals surface area contributed by atoms with Crippen LogP contribution >= 0.6 is 0 Å². The maximum atomic E-state index is 11.8. The molecule has 0 aromatic heterocycles. The van der Waals surface area contributed by atoms with E-state index in [1.807, 2.05) is 0 Å². The number of non-ortho nitro benzene ring substituents is 1. The van der Waals surface area contributed by atoms with E-state index in [0.717, 1.165) is 38.2 Å². The molecule has 0 aliphatic heterocycles. The normalized spacial score (nSPS) is 14.4. The summed E-state index contributed by atoms with van der Waals surface area (Å²) in [5.74, 6) is -0.341. The highest BCUT2D eigenvalue weighted by Crippen LogP contribution is 2.31. The Hall–Kier alpha value is -2.84. The van der Waals surface area contributed by atoms with Gasteiger partial charge in [-0.2, -0.15) is 0 Å². The molecule has 1 saturated carbocycles. The highest BCUT2D eigenvalue weighted by Gasteiger charge is 2.18. The summed E-state index contributed by atoms with van der Waals surface area (Å²) in [5, 5.41) is 15.7. The molecule has 2 N–H and O–H groups in total. The summed E-state index contributed by atoms with van der Waals surface area (Å²) < 4.78 is 10.3. The van der Waals surface area contributed by atoms with Crippen molar-refractivity contribution in [3.05, 3.63) is 28.3 Å². The Morgan fingerprint density at radius 3 is 2.60 bits per heavy atom. The molecule has 0 spiro atoms. The molecule has 0 heterocycles. The number of carbonyl (C=O) groups excluding carboxylic acids is 2. The Morgan fingerprint density at radius 1 is 1.24 bits per heavy atom. The molecule has 3 amide bonds. The van der Waals surface area contributed by atoms with Gasteiger partial charge in [-0.25, -0.2) is 4.79 Å². The lowest BCUT2D eigenvalue weighted by Gasteiger charge is -2.22. The van der Waals surface area contributed by atoms with Gasteiger partial charge in [0, 0.05) is 12.1 Å². The fourth-order valence-corrected chi connectivity index (χ4v) is 2.67. The Bertz CT molecular complexity index is 643. The van der Waals surface area contributed by atoms with E-state index in [0.29, 0.717) is 0 Å². The van der Waals surface area contributed by atoms with Crippen molar-refractivity contribution in [2.75, 3.05) is 13.7 Å². The molecule has 1 aromatic carbocycles. The van der Waals surface area contributed by atoms with Crippen molar-refractivity contribution in [3.8, 4) is 11.5 Å². The fourth-order valence-electron chi connectivity index (χ4n) is 2.67. The Balaban J connectivity index is 1.85. The first-order valence-corrected chi connectivity index (χ1v) is 8.05.